The highest BCUT2D eigenvalue weighted by Crippen LogP contribution is 2.40. The number of nitrogens with one attached hydrogen (secondary N) is 3. The molecule has 182 valence electrons. The maximum Gasteiger partial charge on any atom is 0.257 e. The minimum atomic E-state index is -1.19. The highest BCUT2D eigenvalue weighted by atomic mass is 32.1. The Morgan fingerprint density at radius 2 is 1.72 bits per heavy atom. The fraction of sp³-hybridized carbons (Fsp3) is 0.120. The molecule has 8 nitrogen and oxygen atoms in total. The Labute approximate surface area is 208 Å². The van der Waals surface area contributed by atoms with Crippen molar-refractivity contribution in [1.29, 1.82) is 0 Å². The summed E-state index contributed by atoms with van der Waals surface area (Å²) in [6, 6.07) is 12.2. The zero-order valence-electron chi connectivity index (χ0n) is 19.1. The molecule has 1 aliphatic heterocycles. The van der Waals surface area contributed by atoms with E-state index in [1.54, 1.807) is 43.3 Å². The monoisotopic (exact) mass is 506 g/mol. The van der Waals surface area contributed by atoms with Crippen molar-refractivity contribution in [3.63, 3.8) is 0 Å². The third-order valence-corrected chi connectivity index (χ3v) is 7.15. The normalized spacial score (nSPS) is 13.9. The highest BCUT2D eigenvalue weighted by molar-refractivity contribution is 7.10. The van der Waals surface area contributed by atoms with Gasteiger partial charge in [0.1, 0.15) is 10.4 Å². The lowest BCUT2D eigenvalue weighted by Gasteiger charge is -2.25. The number of nitrogens with zero attached hydrogens (tertiary/aromatic N) is 2. The van der Waals surface area contributed by atoms with Crippen LogP contribution in [0.15, 0.2) is 53.9 Å². The van der Waals surface area contributed by atoms with Gasteiger partial charge in [-0.2, -0.15) is 13.8 Å². The van der Waals surface area contributed by atoms with Crippen LogP contribution in [-0.4, -0.2) is 21.8 Å². The highest BCUT2D eigenvalue weighted by Gasteiger charge is 2.39. The maximum atomic E-state index is 13.5. The molecule has 11 heteroatoms. The Balaban J connectivity index is 1.50. The SMILES string of the molecule is Cc1csc(C(C)(C(N)=O)c2ccc3c(c2)NC(=O)c2ccc(Nc4cc(F)nc(F)c4)cc2N3)n1. The van der Waals surface area contributed by atoms with Gasteiger partial charge in [0.05, 0.1) is 22.6 Å². The van der Waals surface area contributed by atoms with E-state index in [1.165, 1.54) is 11.3 Å². The van der Waals surface area contributed by atoms with Crippen molar-refractivity contribution in [2.75, 3.05) is 16.0 Å². The molecule has 0 bridgehead atoms. The first-order chi connectivity index (χ1) is 17.1. The Hall–Kier alpha value is -4.38. The quantitative estimate of drug-likeness (QED) is 0.284. The number of fused-ring (bicyclic) bond motifs is 2. The number of carbonyl (C=O) groups excluding carboxylic acids is 2. The number of anilines is 5. The molecule has 5 rings (SSSR count). The molecule has 3 heterocycles. The molecule has 0 saturated heterocycles. The van der Waals surface area contributed by atoms with Crippen LogP contribution < -0.4 is 21.7 Å². The average Bonchev–Trinajstić information content (AvgIpc) is 3.19. The topological polar surface area (TPSA) is 122 Å². The summed E-state index contributed by atoms with van der Waals surface area (Å²) in [4.78, 5) is 33.1. The summed E-state index contributed by atoms with van der Waals surface area (Å²) in [5.74, 6) is -2.84. The molecule has 5 N–H and O–H groups in total. The molecule has 2 aromatic heterocycles. The van der Waals surface area contributed by atoms with E-state index in [2.05, 4.69) is 25.9 Å². The second-order valence-electron chi connectivity index (χ2n) is 8.51. The van der Waals surface area contributed by atoms with Crippen molar-refractivity contribution < 1.29 is 18.4 Å². The van der Waals surface area contributed by atoms with E-state index >= 15 is 0 Å². The standard InChI is InChI=1S/C25H20F2N6O2S/c1-12-11-36-24(29-12)25(2,23(28)35)13-3-6-17-19(7-13)32-22(34)16-5-4-14(8-18(16)31-17)30-15-9-20(26)33-21(27)10-15/h3-11,31H,1-2H3,(H2,28,35)(H,30,33)(H,32,34). The molecule has 1 aliphatic rings. The predicted octanol–water partition coefficient (Wildman–Crippen LogP) is 4.97. The summed E-state index contributed by atoms with van der Waals surface area (Å²) < 4.78 is 26.9. The van der Waals surface area contributed by atoms with Crippen molar-refractivity contribution in [1.82, 2.24) is 9.97 Å². The second-order valence-corrected chi connectivity index (χ2v) is 9.37. The van der Waals surface area contributed by atoms with Crippen molar-refractivity contribution in [3.8, 4) is 0 Å². The molecule has 0 aliphatic carbocycles. The summed E-state index contributed by atoms with van der Waals surface area (Å²) in [6.07, 6.45) is 0. The first kappa shape index (κ1) is 23.4. The number of hydrogen-bond acceptors (Lipinski definition) is 7. The molecular formula is C25H20F2N6O2S. The number of primary amides is 1. The van der Waals surface area contributed by atoms with E-state index in [9.17, 15) is 18.4 Å². The lowest BCUT2D eigenvalue weighted by atomic mass is 9.82. The number of halogens is 2. The number of nitrogens with two attached hydrogens (primary N) is 1. The number of pyridine rings is 1. The van der Waals surface area contributed by atoms with Crippen LogP contribution in [0, 0.1) is 18.8 Å². The van der Waals surface area contributed by atoms with Gasteiger partial charge in [0.15, 0.2) is 0 Å². The molecule has 2 amide bonds. The van der Waals surface area contributed by atoms with Crippen molar-refractivity contribution >= 4 is 51.6 Å². The van der Waals surface area contributed by atoms with Crippen LogP contribution >= 0.6 is 11.3 Å². The van der Waals surface area contributed by atoms with Crippen molar-refractivity contribution in [2.24, 2.45) is 5.73 Å². The van der Waals surface area contributed by atoms with E-state index < -0.39 is 23.2 Å². The molecule has 1 unspecified atom stereocenters. The molecule has 2 aromatic carbocycles. The molecule has 36 heavy (non-hydrogen) atoms. The first-order valence-electron chi connectivity index (χ1n) is 10.8. The summed E-state index contributed by atoms with van der Waals surface area (Å²) >= 11 is 1.34. The van der Waals surface area contributed by atoms with Crippen LogP contribution in [0.5, 0.6) is 0 Å². The number of hydrogen-bond donors (Lipinski definition) is 4. The van der Waals surface area contributed by atoms with E-state index in [1.807, 2.05) is 12.3 Å². The van der Waals surface area contributed by atoms with Gasteiger partial charge in [0, 0.05) is 34.6 Å². The van der Waals surface area contributed by atoms with Gasteiger partial charge in [0.2, 0.25) is 17.8 Å². The van der Waals surface area contributed by atoms with Crippen LogP contribution in [0.1, 0.15) is 33.5 Å². The van der Waals surface area contributed by atoms with E-state index in [0.717, 1.165) is 17.8 Å². The molecular weight excluding hydrogens is 486 g/mol. The van der Waals surface area contributed by atoms with Crippen LogP contribution in [0.25, 0.3) is 0 Å². The van der Waals surface area contributed by atoms with Crippen LogP contribution in [0.3, 0.4) is 0 Å². The summed E-state index contributed by atoms with van der Waals surface area (Å²) in [6.45, 7) is 3.54. The van der Waals surface area contributed by atoms with Gasteiger partial charge in [0.25, 0.3) is 5.91 Å². The summed E-state index contributed by atoms with van der Waals surface area (Å²) in [5.41, 5.74) is 8.55. The fourth-order valence-corrected chi connectivity index (χ4v) is 4.97. The smallest absolute Gasteiger partial charge is 0.257 e. The van der Waals surface area contributed by atoms with Crippen molar-refractivity contribution in [3.05, 3.63) is 87.6 Å². The number of benzene rings is 2. The second kappa shape index (κ2) is 8.68. The number of amides is 2. The number of thiazole rings is 1. The predicted molar refractivity (Wildman–Crippen MR) is 134 cm³/mol. The first-order valence-corrected chi connectivity index (χ1v) is 11.7. The third kappa shape index (κ3) is 4.13. The largest absolute Gasteiger partial charge is 0.369 e. The van der Waals surface area contributed by atoms with E-state index in [4.69, 9.17) is 5.73 Å². The van der Waals surface area contributed by atoms with Crippen LogP contribution in [0.2, 0.25) is 0 Å². The summed E-state index contributed by atoms with van der Waals surface area (Å²) in [7, 11) is 0. The maximum absolute atomic E-state index is 13.5. The van der Waals surface area contributed by atoms with Gasteiger partial charge in [-0.25, -0.2) is 4.98 Å². The molecule has 0 radical (unpaired) electrons. The fourth-order valence-electron chi connectivity index (χ4n) is 3.98. The molecule has 0 saturated carbocycles. The average molecular weight is 507 g/mol. The minimum absolute atomic E-state index is 0.172. The van der Waals surface area contributed by atoms with E-state index in [-0.39, 0.29) is 11.6 Å². The lowest BCUT2D eigenvalue weighted by molar-refractivity contribution is -0.121. The number of carbonyl (C=O) groups is 2. The van der Waals surface area contributed by atoms with Gasteiger partial charge < -0.3 is 21.7 Å². The van der Waals surface area contributed by atoms with Gasteiger partial charge in [-0.15, -0.1) is 11.3 Å². The zero-order valence-corrected chi connectivity index (χ0v) is 20.0. The number of aryl methyl sites for hydroxylation is 1. The summed E-state index contributed by atoms with van der Waals surface area (Å²) in [5, 5.41) is 11.4. The molecule has 0 spiro atoms. The van der Waals surface area contributed by atoms with Crippen LogP contribution in [-0.2, 0) is 10.2 Å². The Morgan fingerprint density at radius 3 is 2.39 bits per heavy atom. The van der Waals surface area contributed by atoms with Gasteiger partial charge >= 0.3 is 0 Å². The Kier molecular flexibility index (Phi) is 5.64. The van der Waals surface area contributed by atoms with Crippen LogP contribution in [0.4, 0.5) is 37.2 Å². The Bertz CT molecular complexity index is 1520. The Morgan fingerprint density at radius 1 is 0.972 bits per heavy atom. The number of rotatable bonds is 5. The van der Waals surface area contributed by atoms with E-state index in [0.29, 0.717) is 38.9 Å². The van der Waals surface area contributed by atoms with Crippen molar-refractivity contribution in [2.45, 2.75) is 19.3 Å². The number of aromatic nitrogens is 2. The minimum Gasteiger partial charge on any atom is -0.369 e. The van der Waals surface area contributed by atoms with Gasteiger partial charge in [-0.3, -0.25) is 9.59 Å². The molecule has 4 aromatic rings. The lowest BCUT2D eigenvalue weighted by Crippen LogP contribution is -2.39. The molecule has 0 fully saturated rings. The zero-order chi connectivity index (χ0) is 25.6. The molecule has 1 atom stereocenters. The van der Waals surface area contributed by atoms with Gasteiger partial charge in [-0.05, 0) is 49.7 Å². The van der Waals surface area contributed by atoms with Gasteiger partial charge in [-0.1, -0.05) is 6.07 Å². The third-order valence-electron chi connectivity index (χ3n) is 5.97.